The Morgan fingerprint density at radius 1 is 1.13 bits per heavy atom. The Hall–Kier alpha value is -2.35. The topological polar surface area (TPSA) is 72.5 Å². The lowest BCUT2D eigenvalue weighted by Crippen LogP contribution is -2.42. The fourth-order valence-corrected chi connectivity index (χ4v) is 4.94. The molecule has 0 saturated carbocycles. The van der Waals surface area contributed by atoms with E-state index >= 15 is 0 Å². The van der Waals surface area contributed by atoms with Crippen LogP contribution in [0.5, 0.6) is 0 Å². The molecule has 0 aliphatic heterocycles. The monoisotopic (exact) mass is 475 g/mol. The maximum Gasteiger partial charge on any atom is 0.329 e. The minimum atomic E-state index is -0.868. The van der Waals surface area contributed by atoms with E-state index < -0.39 is 17.9 Å². The first-order valence-corrected chi connectivity index (χ1v) is 12.2. The van der Waals surface area contributed by atoms with E-state index in [1.165, 1.54) is 11.3 Å². The van der Waals surface area contributed by atoms with Crippen LogP contribution in [0.2, 0.25) is 5.02 Å². The first-order chi connectivity index (χ1) is 14.9. The van der Waals surface area contributed by atoms with Crippen molar-refractivity contribution in [3.05, 3.63) is 69.6 Å². The first kappa shape index (κ1) is 23.3. The van der Waals surface area contributed by atoms with Gasteiger partial charge in [0.2, 0.25) is 5.78 Å². The van der Waals surface area contributed by atoms with Crippen molar-refractivity contribution in [3.63, 3.8) is 0 Å². The number of fused-ring (bicyclic) bond motifs is 1. The number of hydrogen-bond acceptors (Lipinski definition) is 6. The number of esters is 1. The molecule has 0 aliphatic rings. The lowest BCUT2D eigenvalue weighted by atomic mass is 10.1. The molecule has 5 nitrogen and oxygen atoms in total. The van der Waals surface area contributed by atoms with Gasteiger partial charge in [0, 0.05) is 4.70 Å². The van der Waals surface area contributed by atoms with Gasteiger partial charge in [-0.1, -0.05) is 41.9 Å². The zero-order valence-electron chi connectivity index (χ0n) is 17.1. The van der Waals surface area contributed by atoms with Crippen LogP contribution in [0.25, 0.3) is 10.1 Å². The van der Waals surface area contributed by atoms with Gasteiger partial charge in [0.1, 0.15) is 6.04 Å². The van der Waals surface area contributed by atoms with Gasteiger partial charge in [-0.05, 0) is 54.5 Å². The van der Waals surface area contributed by atoms with Gasteiger partial charge in [-0.2, -0.15) is 11.8 Å². The highest BCUT2D eigenvalue weighted by Gasteiger charge is 2.25. The van der Waals surface area contributed by atoms with E-state index in [9.17, 15) is 14.4 Å². The summed E-state index contributed by atoms with van der Waals surface area (Å²) in [5.41, 5.74) is 1.16. The largest absolute Gasteiger partial charge is 0.456 e. The van der Waals surface area contributed by atoms with Crippen LogP contribution in [0.15, 0.2) is 48.5 Å². The van der Waals surface area contributed by atoms with Crippen molar-refractivity contribution in [2.45, 2.75) is 19.4 Å². The molecule has 3 aromatic rings. The maximum absolute atomic E-state index is 12.7. The van der Waals surface area contributed by atoms with E-state index in [-0.39, 0.29) is 18.0 Å². The van der Waals surface area contributed by atoms with Crippen molar-refractivity contribution in [2.24, 2.45) is 0 Å². The second-order valence-electron chi connectivity index (χ2n) is 6.87. The summed E-state index contributed by atoms with van der Waals surface area (Å²) in [6, 6.07) is 13.5. The highest BCUT2D eigenvalue weighted by Crippen LogP contribution is 2.30. The lowest BCUT2D eigenvalue weighted by Gasteiger charge is -2.17. The van der Waals surface area contributed by atoms with E-state index in [2.05, 4.69) is 5.32 Å². The molecule has 3 rings (SSSR count). The number of thiophene rings is 1. The third-order valence-electron chi connectivity index (χ3n) is 4.76. The molecule has 1 aromatic heterocycles. The zero-order chi connectivity index (χ0) is 22.4. The van der Waals surface area contributed by atoms with Gasteiger partial charge in [0.25, 0.3) is 5.91 Å². The molecular formula is C23H22ClNO4S2. The molecule has 0 saturated heterocycles. The number of hydrogen-bond donors (Lipinski definition) is 1. The van der Waals surface area contributed by atoms with Crippen molar-refractivity contribution in [3.8, 4) is 0 Å². The van der Waals surface area contributed by atoms with E-state index in [1.807, 2.05) is 37.4 Å². The second-order valence-corrected chi connectivity index (χ2v) is 9.32. The highest BCUT2D eigenvalue weighted by atomic mass is 35.5. The normalized spacial score (nSPS) is 11.8. The summed E-state index contributed by atoms with van der Waals surface area (Å²) in [6.07, 6.45) is 2.29. The van der Waals surface area contributed by atoms with Crippen LogP contribution < -0.4 is 5.32 Å². The van der Waals surface area contributed by atoms with Crippen LogP contribution >= 0.6 is 34.7 Å². The number of carbonyl (C=O) groups is 3. The summed E-state index contributed by atoms with van der Waals surface area (Å²) in [5, 5.41) is 4.00. The summed E-state index contributed by atoms with van der Waals surface area (Å²) in [6.45, 7) is 1.52. The Morgan fingerprint density at radius 3 is 2.55 bits per heavy atom. The second kappa shape index (κ2) is 10.8. The number of halogens is 1. The SMILES string of the molecule is CSCCC(NC(=O)c1ccccc1Cl)C(=O)OCC(=O)c1sc2ccccc2c1C. The van der Waals surface area contributed by atoms with E-state index in [0.29, 0.717) is 22.1 Å². The van der Waals surface area contributed by atoms with Crippen LogP contribution in [0.3, 0.4) is 0 Å². The third kappa shape index (κ3) is 5.67. The Kier molecular flexibility index (Phi) is 8.12. The molecule has 2 aromatic carbocycles. The smallest absolute Gasteiger partial charge is 0.329 e. The number of aryl methyl sites for hydroxylation is 1. The predicted octanol–water partition coefficient (Wildman–Crippen LogP) is 5.14. The highest BCUT2D eigenvalue weighted by molar-refractivity contribution is 7.98. The average molecular weight is 476 g/mol. The molecule has 0 aliphatic carbocycles. The van der Waals surface area contributed by atoms with Crippen LogP contribution in [-0.2, 0) is 9.53 Å². The molecular weight excluding hydrogens is 454 g/mol. The van der Waals surface area contributed by atoms with Crippen molar-refractivity contribution in [1.29, 1.82) is 0 Å². The van der Waals surface area contributed by atoms with E-state index in [1.54, 1.807) is 36.0 Å². The van der Waals surface area contributed by atoms with Crippen LogP contribution in [0.4, 0.5) is 0 Å². The Labute approximate surface area is 194 Å². The molecule has 0 fully saturated rings. The number of Topliss-reactive ketones (excluding diaryl/α,β-unsaturated/α-hetero) is 1. The Bertz CT molecular complexity index is 1110. The van der Waals surface area contributed by atoms with Gasteiger partial charge in [0.15, 0.2) is 6.61 Å². The van der Waals surface area contributed by atoms with Crippen molar-refractivity contribution in [1.82, 2.24) is 5.32 Å². The number of ether oxygens (including phenoxy) is 1. The van der Waals surface area contributed by atoms with Crippen LogP contribution in [0, 0.1) is 6.92 Å². The molecule has 0 bridgehead atoms. The molecule has 0 spiro atoms. The molecule has 8 heteroatoms. The minimum Gasteiger partial charge on any atom is -0.456 e. The number of ketones is 1. The lowest BCUT2D eigenvalue weighted by molar-refractivity contribution is -0.144. The standard InChI is InChI=1S/C23H22ClNO4S2/c1-14-15-7-4-6-10-20(15)31-21(14)19(26)13-29-23(28)18(11-12-30-2)25-22(27)16-8-3-5-9-17(16)24/h3-10,18H,11-13H2,1-2H3,(H,25,27). The van der Waals surface area contributed by atoms with E-state index in [4.69, 9.17) is 16.3 Å². The van der Waals surface area contributed by atoms with Gasteiger partial charge >= 0.3 is 5.97 Å². The van der Waals surface area contributed by atoms with Gasteiger partial charge in [-0.15, -0.1) is 11.3 Å². The fourth-order valence-electron chi connectivity index (χ4n) is 3.11. The van der Waals surface area contributed by atoms with Crippen LogP contribution in [0.1, 0.15) is 32.0 Å². The number of carbonyl (C=O) groups excluding carboxylic acids is 3. The van der Waals surface area contributed by atoms with Gasteiger partial charge in [0.05, 0.1) is 15.5 Å². The summed E-state index contributed by atoms with van der Waals surface area (Å²) in [5.74, 6) is -0.707. The quantitative estimate of drug-likeness (QED) is 0.342. The molecule has 162 valence electrons. The molecule has 1 amide bonds. The third-order valence-corrected chi connectivity index (χ3v) is 7.05. The molecule has 1 atom stereocenters. The maximum atomic E-state index is 12.7. The van der Waals surface area contributed by atoms with Crippen molar-refractivity contribution < 1.29 is 19.1 Å². The predicted molar refractivity (Wildman–Crippen MR) is 128 cm³/mol. The summed E-state index contributed by atoms with van der Waals surface area (Å²) < 4.78 is 6.31. The van der Waals surface area contributed by atoms with Crippen molar-refractivity contribution in [2.75, 3.05) is 18.6 Å². The van der Waals surface area contributed by atoms with Gasteiger partial charge in [-0.25, -0.2) is 4.79 Å². The summed E-state index contributed by atoms with van der Waals surface area (Å²) in [7, 11) is 0. The average Bonchev–Trinajstić information content (AvgIpc) is 3.11. The van der Waals surface area contributed by atoms with Crippen molar-refractivity contribution >= 4 is 62.4 Å². The molecule has 1 unspecified atom stereocenters. The number of nitrogens with one attached hydrogen (secondary N) is 1. The van der Waals surface area contributed by atoms with Gasteiger partial charge < -0.3 is 10.1 Å². The fraction of sp³-hybridized carbons (Fsp3) is 0.261. The first-order valence-electron chi connectivity index (χ1n) is 9.64. The van der Waals surface area contributed by atoms with E-state index in [0.717, 1.165) is 15.6 Å². The summed E-state index contributed by atoms with van der Waals surface area (Å²) in [4.78, 5) is 38.5. The van der Waals surface area contributed by atoms with Crippen LogP contribution in [-0.4, -0.2) is 42.3 Å². The Balaban J connectivity index is 1.67. The number of amides is 1. The molecule has 31 heavy (non-hydrogen) atoms. The van der Waals surface area contributed by atoms with Gasteiger partial charge in [-0.3, -0.25) is 9.59 Å². The molecule has 0 radical (unpaired) electrons. The molecule has 1 N–H and O–H groups in total. The minimum absolute atomic E-state index is 0.256. The number of benzene rings is 2. The Morgan fingerprint density at radius 2 is 1.84 bits per heavy atom. The summed E-state index contributed by atoms with van der Waals surface area (Å²) >= 11 is 9.02. The molecule has 1 heterocycles. The zero-order valence-corrected chi connectivity index (χ0v) is 19.5. The number of rotatable bonds is 9. The number of thioether (sulfide) groups is 1.